The minimum absolute atomic E-state index is 0.0267. The monoisotopic (exact) mass is 206 g/mol. The predicted molar refractivity (Wildman–Crippen MR) is 55.6 cm³/mol. The molecule has 4 nitrogen and oxygen atoms in total. The summed E-state index contributed by atoms with van der Waals surface area (Å²) < 4.78 is 1.65. The molecule has 1 aliphatic carbocycles. The minimum Gasteiger partial charge on any atom is -0.354 e. The number of nitrogens with zero attached hydrogens (tertiary/aromatic N) is 1. The molecule has 1 aliphatic rings. The first kappa shape index (κ1) is 9.96. The Bertz CT molecular complexity index is 366. The number of hydrogen-bond acceptors (Lipinski definition) is 2. The minimum atomic E-state index is -0.0267. The molecule has 1 aromatic rings. The highest BCUT2D eigenvalue weighted by molar-refractivity contribution is 5.78. The summed E-state index contributed by atoms with van der Waals surface area (Å²) in [5.74, 6) is 0.658. The van der Waals surface area contributed by atoms with Gasteiger partial charge in [-0.1, -0.05) is 0 Å². The average molecular weight is 206 g/mol. The molecule has 1 saturated carbocycles. The third-order valence-corrected chi connectivity index (χ3v) is 2.58. The smallest absolute Gasteiger partial charge is 0.239 e. The maximum absolute atomic E-state index is 11.5. The number of carbonyl (C=O) groups is 2. The van der Waals surface area contributed by atoms with Gasteiger partial charge < -0.3 is 9.88 Å². The van der Waals surface area contributed by atoms with Gasteiger partial charge in [-0.3, -0.25) is 9.59 Å². The lowest BCUT2D eigenvalue weighted by atomic mass is 10.4. The van der Waals surface area contributed by atoms with E-state index in [0.717, 1.165) is 12.8 Å². The standard InChI is InChI=1S/C11H14N2O2/c14-8-10-2-1-5-13(10)7-11(15)12-6-9-3-4-9/h1-2,5,8-9H,3-4,6-7H2,(H,12,15). The highest BCUT2D eigenvalue weighted by Crippen LogP contribution is 2.27. The van der Waals surface area contributed by atoms with Crippen LogP contribution in [0.15, 0.2) is 18.3 Å². The Morgan fingerprint density at radius 3 is 3.07 bits per heavy atom. The third kappa shape index (κ3) is 2.68. The van der Waals surface area contributed by atoms with Gasteiger partial charge in [0.05, 0.1) is 5.69 Å². The zero-order valence-corrected chi connectivity index (χ0v) is 8.48. The number of aromatic nitrogens is 1. The van der Waals surface area contributed by atoms with Crippen LogP contribution in [0.3, 0.4) is 0 Å². The quantitative estimate of drug-likeness (QED) is 0.725. The Labute approximate surface area is 88.3 Å². The van der Waals surface area contributed by atoms with Crippen LogP contribution in [0.1, 0.15) is 23.3 Å². The first-order valence-electron chi connectivity index (χ1n) is 5.16. The Morgan fingerprint density at radius 2 is 2.40 bits per heavy atom. The van der Waals surface area contributed by atoms with E-state index in [9.17, 15) is 9.59 Å². The van der Waals surface area contributed by atoms with Crippen LogP contribution in [-0.4, -0.2) is 23.3 Å². The van der Waals surface area contributed by atoms with Gasteiger partial charge in [0, 0.05) is 12.7 Å². The van der Waals surface area contributed by atoms with Gasteiger partial charge in [0.25, 0.3) is 0 Å². The molecular formula is C11H14N2O2. The first-order chi connectivity index (χ1) is 7.29. The molecule has 0 aromatic carbocycles. The predicted octanol–water partition coefficient (Wildman–Crippen LogP) is 0.827. The second-order valence-electron chi connectivity index (χ2n) is 3.93. The summed E-state index contributed by atoms with van der Waals surface area (Å²) in [7, 11) is 0. The van der Waals surface area contributed by atoms with Crippen molar-refractivity contribution in [2.45, 2.75) is 19.4 Å². The van der Waals surface area contributed by atoms with Crippen molar-refractivity contribution >= 4 is 12.2 Å². The van der Waals surface area contributed by atoms with Gasteiger partial charge in [-0.2, -0.15) is 0 Å². The van der Waals surface area contributed by atoms with E-state index >= 15 is 0 Å². The van der Waals surface area contributed by atoms with E-state index in [2.05, 4.69) is 5.32 Å². The van der Waals surface area contributed by atoms with Crippen LogP contribution in [-0.2, 0) is 11.3 Å². The van der Waals surface area contributed by atoms with Gasteiger partial charge in [0.1, 0.15) is 6.54 Å². The van der Waals surface area contributed by atoms with Gasteiger partial charge in [-0.05, 0) is 30.9 Å². The zero-order chi connectivity index (χ0) is 10.7. The van der Waals surface area contributed by atoms with Crippen LogP contribution in [0.5, 0.6) is 0 Å². The van der Waals surface area contributed by atoms with Crippen LogP contribution < -0.4 is 5.32 Å². The fourth-order valence-corrected chi connectivity index (χ4v) is 1.47. The molecule has 1 aromatic heterocycles. The summed E-state index contributed by atoms with van der Waals surface area (Å²) in [6.45, 7) is 1.00. The van der Waals surface area contributed by atoms with E-state index in [-0.39, 0.29) is 12.5 Å². The number of aldehydes is 1. The Kier molecular flexibility index (Phi) is 2.85. The van der Waals surface area contributed by atoms with Crippen LogP contribution in [0.4, 0.5) is 0 Å². The van der Waals surface area contributed by atoms with Crippen molar-refractivity contribution in [3.63, 3.8) is 0 Å². The number of carbonyl (C=O) groups excluding carboxylic acids is 2. The molecule has 0 radical (unpaired) electrons. The molecule has 2 rings (SSSR count). The third-order valence-electron chi connectivity index (χ3n) is 2.58. The molecule has 0 aliphatic heterocycles. The number of nitrogens with one attached hydrogen (secondary N) is 1. The summed E-state index contributed by atoms with van der Waals surface area (Å²) in [6.07, 6.45) is 4.95. The van der Waals surface area contributed by atoms with Crippen LogP contribution in [0.2, 0.25) is 0 Å². The van der Waals surface area contributed by atoms with Gasteiger partial charge in [0.15, 0.2) is 6.29 Å². The lowest BCUT2D eigenvalue weighted by molar-refractivity contribution is -0.121. The summed E-state index contributed by atoms with van der Waals surface area (Å²) in [5.41, 5.74) is 0.538. The molecule has 0 atom stereocenters. The Balaban J connectivity index is 1.84. The van der Waals surface area contributed by atoms with Gasteiger partial charge in [-0.25, -0.2) is 0 Å². The van der Waals surface area contributed by atoms with Crippen LogP contribution >= 0.6 is 0 Å². The summed E-state index contributed by atoms with van der Waals surface area (Å²) >= 11 is 0. The molecule has 0 bridgehead atoms. The van der Waals surface area contributed by atoms with Crippen molar-refractivity contribution in [1.82, 2.24) is 9.88 Å². The van der Waals surface area contributed by atoms with Crippen molar-refractivity contribution in [1.29, 1.82) is 0 Å². The largest absolute Gasteiger partial charge is 0.354 e. The Hall–Kier alpha value is -1.58. The van der Waals surface area contributed by atoms with E-state index in [1.807, 2.05) is 0 Å². The normalized spacial score (nSPS) is 14.9. The van der Waals surface area contributed by atoms with E-state index in [0.29, 0.717) is 11.6 Å². The second kappa shape index (κ2) is 4.29. The van der Waals surface area contributed by atoms with Crippen LogP contribution in [0, 0.1) is 5.92 Å². The molecule has 1 fully saturated rings. The van der Waals surface area contributed by atoms with Crippen molar-refractivity contribution in [2.24, 2.45) is 5.92 Å². The molecule has 0 unspecified atom stereocenters. The highest BCUT2D eigenvalue weighted by Gasteiger charge is 2.21. The maximum Gasteiger partial charge on any atom is 0.239 e. The lowest BCUT2D eigenvalue weighted by Crippen LogP contribution is -2.29. The molecule has 15 heavy (non-hydrogen) atoms. The fraction of sp³-hybridized carbons (Fsp3) is 0.455. The molecule has 1 heterocycles. The lowest BCUT2D eigenvalue weighted by Gasteiger charge is -2.06. The zero-order valence-electron chi connectivity index (χ0n) is 8.48. The molecule has 1 amide bonds. The van der Waals surface area contributed by atoms with Crippen molar-refractivity contribution < 1.29 is 9.59 Å². The topological polar surface area (TPSA) is 51.1 Å². The summed E-state index contributed by atoms with van der Waals surface area (Å²) in [6, 6.07) is 3.46. The Morgan fingerprint density at radius 1 is 1.60 bits per heavy atom. The average Bonchev–Trinajstić information content (AvgIpc) is 2.96. The van der Waals surface area contributed by atoms with Crippen molar-refractivity contribution in [2.75, 3.05) is 6.54 Å². The van der Waals surface area contributed by atoms with E-state index in [4.69, 9.17) is 0 Å². The van der Waals surface area contributed by atoms with E-state index in [1.165, 1.54) is 12.8 Å². The van der Waals surface area contributed by atoms with Crippen LogP contribution in [0.25, 0.3) is 0 Å². The van der Waals surface area contributed by atoms with Crippen molar-refractivity contribution in [3.8, 4) is 0 Å². The molecule has 4 heteroatoms. The van der Waals surface area contributed by atoms with Gasteiger partial charge in [-0.15, -0.1) is 0 Å². The summed E-state index contributed by atoms with van der Waals surface area (Å²) in [4.78, 5) is 22.1. The summed E-state index contributed by atoms with van der Waals surface area (Å²) in [5, 5.41) is 2.86. The molecule has 1 N–H and O–H groups in total. The molecular weight excluding hydrogens is 192 g/mol. The molecule has 80 valence electrons. The maximum atomic E-state index is 11.5. The second-order valence-corrected chi connectivity index (χ2v) is 3.93. The van der Waals surface area contributed by atoms with Gasteiger partial charge in [0.2, 0.25) is 5.91 Å². The number of rotatable bonds is 5. The van der Waals surface area contributed by atoms with E-state index in [1.54, 1.807) is 22.9 Å². The molecule has 0 saturated heterocycles. The highest BCUT2D eigenvalue weighted by atomic mass is 16.2. The van der Waals surface area contributed by atoms with Crippen molar-refractivity contribution in [3.05, 3.63) is 24.0 Å². The number of amides is 1. The molecule has 0 spiro atoms. The number of hydrogen-bond donors (Lipinski definition) is 1. The fourth-order valence-electron chi connectivity index (χ4n) is 1.47. The first-order valence-corrected chi connectivity index (χ1v) is 5.16. The van der Waals surface area contributed by atoms with Gasteiger partial charge >= 0.3 is 0 Å². The SMILES string of the molecule is O=Cc1cccn1CC(=O)NCC1CC1. The van der Waals surface area contributed by atoms with E-state index < -0.39 is 0 Å².